The highest BCUT2D eigenvalue weighted by Gasteiger charge is 2.17. The number of halogens is 1. The lowest BCUT2D eigenvalue weighted by molar-refractivity contribution is -0.123. The van der Waals surface area contributed by atoms with Crippen molar-refractivity contribution in [2.75, 3.05) is 19.0 Å². The molecule has 114 valence electrons. The zero-order chi connectivity index (χ0) is 15.2. The number of aliphatic imine (C=N–C) groups is 1. The molecule has 1 aliphatic heterocycles. The number of carbonyl (C=O) groups excluding carboxylic acids is 1. The summed E-state index contributed by atoms with van der Waals surface area (Å²) >= 11 is 6.03. The molecule has 21 heavy (non-hydrogen) atoms. The van der Waals surface area contributed by atoms with Crippen molar-refractivity contribution in [1.82, 2.24) is 5.32 Å². The van der Waals surface area contributed by atoms with Crippen molar-refractivity contribution in [2.24, 2.45) is 10.7 Å². The van der Waals surface area contributed by atoms with Gasteiger partial charge in [-0.15, -0.1) is 0 Å². The first-order valence-corrected chi connectivity index (χ1v) is 7.16. The number of carbonyl (C=O) groups is 1. The molecule has 1 amide bonds. The number of anilines is 1. The SMILES string of the molecule is COc1ccc(NC(N)=NCC2CCCC(=O)N2)cc1Cl. The van der Waals surface area contributed by atoms with Crippen molar-refractivity contribution in [3.05, 3.63) is 23.2 Å². The molecule has 0 aliphatic carbocycles. The van der Waals surface area contributed by atoms with Crippen LogP contribution in [0.2, 0.25) is 5.02 Å². The molecular weight excluding hydrogens is 292 g/mol. The van der Waals surface area contributed by atoms with Crippen LogP contribution >= 0.6 is 11.6 Å². The van der Waals surface area contributed by atoms with Gasteiger partial charge in [0.25, 0.3) is 0 Å². The Morgan fingerprint density at radius 2 is 2.43 bits per heavy atom. The second kappa shape index (κ2) is 7.17. The molecule has 6 nitrogen and oxygen atoms in total. The normalized spacial score (nSPS) is 19.0. The van der Waals surface area contributed by atoms with E-state index < -0.39 is 0 Å². The number of rotatable bonds is 4. The van der Waals surface area contributed by atoms with E-state index in [1.165, 1.54) is 0 Å². The quantitative estimate of drug-likeness (QED) is 0.584. The fraction of sp³-hybridized carbons (Fsp3) is 0.429. The standard InChI is InChI=1S/C14H19ClN4O2/c1-21-12-6-5-9(7-11(12)15)19-14(16)17-8-10-3-2-4-13(20)18-10/h5-7,10H,2-4,8H2,1H3,(H,18,20)(H3,16,17,19). The highest BCUT2D eigenvalue weighted by Crippen LogP contribution is 2.27. The highest BCUT2D eigenvalue weighted by molar-refractivity contribution is 6.32. The lowest BCUT2D eigenvalue weighted by Crippen LogP contribution is -2.41. The van der Waals surface area contributed by atoms with Gasteiger partial charge in [-0.2, -0.15) is 0 Å². The average molecular weight is 311 g/mol. The van der Waals surface area contributed by atoms with Gasteiger partial charge in [-0.1, -0.05) is 11.6 Å². The van der Waals surface area contributed by atoms with E-state index in [1.54, 1.807) is 25.3 Å². The average Bonchev–Trinajstić information content (AvgIpc) is 2.45. The van der Waals surface area contributed by atoms with E-state index in [4.69, 9.17) is 22.1 Å². The van der Waals surface area contributed by atoms with Gasteiger partial charge in [0.1, 0.15) is 5.75 Å². The molecule has 1 aromatic carbocycles. The molecule has 1 atom stereocenters. The Kier molecular flexibility index (Phi) is 5.27. The number of ether oxygens (including phenoxy) is 1. The topological polar surface area (TPSA) is 88.7 Å². The number of benzene rings is 1. The number of piperidine rings is 1. The number of methoxy groups -OCH3 is 1. The minimum Gasteiger partial charge on any atom is -0.495 e. The largest absolute Gasteiger partial charge is 0.495 e. The maximum atomic E-state index is 11.3. The van der Waals surface area contributed by atoms with Gasteiger partial charge in [0.05, 0.1) is 18.7 Å². The fourth-order valence-corrected chi connectivity index (χ4v) is 2.42. The summed E-state index contributed by atoms with van der Waals surface area (Å²) in [5.74, 6) is 0.966. The summed E-state index contributed by atoms with van der Waals surface area (Å²) in [7, 11) is 1.56. The summed E-state index contributed by atoms with van der Waals surface area (Å²) in [5, 5.41) is 6.35. The van der Waals surface area contributed by atoms with Crippen LogP contribution in [0.15, 0.2) is 23.2 Å². The Labute approximate surface area is 128 Å². The van der Waals surface area contributed by atoms with E-state index in [0.717, 1.165) is 18.5 Å². The maximum absolute atomic E-state index is 11.3. The van der Waals surface area contributed by atoms with E-state index >= 15 is 0 Å². The van der Waals surface area contributed by atoms with Gasteiger partial charge in [-0.3, -0.25) is 9.79 Å². The Morgan fingerprint density at radius 3 is 3.10 bits per heavy atom. The summed E-state index contributed by atoms with van der Waals surface area (Å²) in [6.07, 6.45) is 2.42. The number of nitrogens with one attached hydrogen (secondary N) is 2. The van der Waals surface area contributed by atoms with Crippen molar-refractivity contribution in [1.29, 1.82) is 0 Å². The third kappa shape index (κ3) is 4.53. The third-order valence-electron chi connectivity index (χ3n) is 3.23. The van der Waals surface area contributed by atoms with Crippen molar-refractivity contribution >= 4 is 29.2 Å². The molecule has 1 fully saturated rings. The van der Waals surface area contributed by atoms with Gasteiger partial charge in [0.15, 0.2) is 5.96 Å². The zero-order valence-electron chi connectivity index (χ0n) is 11.9. The van der Waals surface area contributed by atoms with Crippen LogP contribution in [0, 0.1) is 0 Å². The van der Waals surface area contributed by atoms with Crippen LogP contribution in [-0.2, 0) is 4.79 Å². The molecule has 0 spiro atoms. The minimum absolute atomic E-state index is 0.0612. The molecular formula is C14H19ClN4O2. The summed E-state index contributed by atoms with van der Waals surface area (Å²) in [6.45, 7) is 0.467. The zero-order valence-corrected chi connectivity index (χ0v) is 12.6. The molecule has 4 N–H and O–H groups in total. The van der Waals surface area contributed by atoms with Crippen LogP contribution < -0.4 is 21.1 Å². The molecule has 1 saturated heterocycles. The Bertz CT molecular complexity index is 548. The summed E-state index contributed by atoms with van der Waals surface area (Å²) in [6, 6.07) is 5.32. The van der Waals surface area contributed by atoms with E-state index in [2.05, 4.69) is 15.6 Å². The third-order valence-corrected chi connectivity index (χ3v) is 3.52. The molecule has 1 aromatic rings. The molecule has 1 aliphatic rings. The van der Waals surface area contributed by atoms with Crippen LogP contribution in [0.4, 0.5) is 5.69 Å². The minimum atomic E-state index is 0.0612. The van der Waals surface area contributed by atoms with Crippen molar-refractivity contribution < 1.29 is 9.53 Å². The summed E-state index contributed by atoms with van der Waals surface area (Å²) in [5.41, 5.74) is 6.56. The van der Waals surface area contributed by atoms with Gasteiger partial charge in [0, 0.05) is 18.2 Å². The van der Waals surface area contributed by atoms with E-state index in [0.29, 0.717) is 23.7 Å². The maximum Gasteiger partial charge on any atom is 0.220 e. The predicted octanol–water partition coefficient (Wildman–Crippen LogP) is 1.74. The highest BCUT2D eigenvalue weighted by atomic mass is 35.5. The van der Waals surface area contributed by atoms with E-state index in [1.807, 2.05) is 0 Å². The van der Waals surface area contributed by atoms with Crippen LogP contribution in [0.5, 0.6) is 5.75 Å². The summed E-state index contributed by atoms with van der Waals surface area (Å²) in [4.78, 5) is 15.5. The lowest BCUT2D eigenvalue weighted by atomic mass is 10.0. The van der Waals surface area contributed by atoms with Gasteiger partial charge in [-0.25, -0.2) is 0 Å². The smallest absolute Gasteiger partial charge is 0.220 e. The van der Waals surface area contributed by atoms with Crippen molar-refractivity contribution in [3.63, 3.8) is 0 Å². The Hall–Kier alpha value is -1.95. The van der Waals surface area contributed by atoms with Crippen LogP contribution in [0.3, 0.4) is 0 Å². The van der Waals surface area contributed by atoms with Gasteiger partial charge in [-0.05, 0) is 31.0 Å². The van der Waals surface area contributed by atoms with Crippen LogP contribution in [0.25, 0.3) is 0 Å². The fourth-order valence-electron chi connectivity index (χ4n) is 2.16. The Morgan fingerprint density at radius 1 is 1.62 bits per heavy atom. The first-order chi connectivity index (χ1) is 10.1. The first-order valence-electron chi connectivity index (χ1n) is 6.78. The molecule has 1 unspecified atom stereocenters. The second-order valence-corrected chi connectivity index (χ2v) is 5.26. The number of amides is 1. The number of guanidine groups is 1. The molecule has 0 aromatic heterocycles. The number of hydrogen-bond acceptors (Lipinski definition) is 3. The van der Waals surface area contributed by atoms with Crippen LogP contribution in [-0.4, -0.2) is 31.6 Å². The number of hydrogen-bond donors (Lipinski definition) is 3. The molecule has 0 radical (unpaired) electrons. The van der Waals surface area contributed by atoms with Gasteiger partial charge in [0.2, 0.25) is 5.91 Å². The number of nitrogens with two attached hydrogens (primary N) is 1. The molecule has 0 saturated carbocycles. The van der Waals surface area contributed by atoms with Crippen LogP contribution in [0.1, 0.15) is 19.3 Å². The van der Waals surface area contributed by atoms with Gasteiger partial charge < -0.3 is 21.1 Å². The second-order valence-electron chi connectivity index (χ2n) is 4.86. The van der Waals surface area contributed by atoms with Crippen molar-refractivity contribution in [3.8, 4) is 5.75 Å². The monoisotopic (exact) mass is 310 g/mol. The van der Waals surface area contributed by atoms with Crippen molar-refractivity contribution in [2.45, 2.75) is 25.3 Å². The lowest BCUT2D eigenvalue weighted by Gasteiger charge is -2.21. The molecule has 2 rings (SSSR count). The van der Waals surface area contributed by atoms with E-state index in [-0.39, 0.29) is 17.9 Å². The first kappa shape index (κ1) is 15.4. The Balaban J connectivity index is 1.91. The predicted molar refractivity (Wildman–Crippen MR) is 83.9 cm³/mol. The summed E-state index contributed by atoms with van der Waals surface area (Å²) < 4.78 is 5.08. The van der Waals surface area contributed by atoms with E-state index in [9.17, 15) is 4.79 Å². The number of nitrogens with zero attached hydrogens (tertiary/aromatic N) is 1. The van der Waals surface area contributed by atoms with Gasteiger partial charge >= 0.3 is 0 Å². The molecule has 0 bridgehead atoms. The molecule has 7 heteroatoms. The molecule has 1 heterocycles.